The van der Waals surface area contributed by atoms with Gasteiger partial charge in [-0.3, -0.25) is 4.79 Å². The molecule has 0 aliphatic carbocycles. The maximum absolute atomic E-state index is 13.1. The molecule has 3 aromatic rings. The number of fused-ring (bicyclic) bond motifs is 1. The van der Waals surface area contributed by atoms with Crippen molar-refractivity contribution < 1.29 is 4.79 Å². The molecule has 0 spiro atoms. The van der Waals surface area contributed by atoms with Crippen LogP contribution in [0, 0.1) is 18.8 Å². The number of likely N-dealkylation sites (tertiary alicyclic amines) is 1. The molecular formula is C20H22ClN3OS. The quantitative estimate of drug-likeness (QED) is 0.608. The van der Waals surface area contributed by atoms with Crippen molar-refractivity contribution in [3.63, 3.8) is 0 Å². The maximum Gasteiger partial charge on any atom is 0.264 e. The van der Waals surface area contributed by atoms with Crippen molar-refractivity contribution in [3.8, 4) is 5.69 Å². The Kier molecular flexibility index (Phi) is 4.53. The van der Waals surface area contributed by atoms with Crippen molar-refractivity contribution in [2.24, 2.45) is 11.8 Å². The predicted octanol–water partition coefficient (Wildman–Crippen LogP) is 5.17. The van der Waals surface area contributed by atoms with Crippen molar-refractivity contribution in [2.45, 2.75) is 27.2 Å². The van der Waals surface area contributed by atoms with E-state index in [0.29, 0.717) is 16.9 Å². The highest BCUT2D eigenvalue weighted by Crippen LogP contribution is 2.32. The second-order valence-corrected chi connectivity index (χ2v) is 8.93. The van der Waals surface area contributed by atoms with Crippen LogP contribution in [0.15, 0.2) is 30.3 Å². The lowest BCUT2D eigenvalue weighted by atomic mass is 9.92. The minimum Gasteiger partial charge on any atom is -0.337 e. The summed E-state index contributed by atoms with van der Waals surface area (Å²) in [5.41, 5.74) is 1.89. The number of thiophene rings is 1. The second-order valence-electron chi connectivity index (χ2n) is 7.46. The first-order chi connectivity index (χ1) is 12.4. The Bertz CT molecular complexity index is 950. The van der Waals surface area contributed by atoms with E-state index in [4.69, 9.17) is 11.6 Å². The molecule has 2 aromatic heterocycles. The van der Waals surface area contributed by atoms with Gasteiger partial charge in [0, 0.05) is 23.5 Å². The van der Waals surface area contributed by atoms with Gasteiger partial charge < -0.3 is 4.90 Å². The monoisotopic (exact) mass is 387 g/mol. The molecule has 2 atom stereocenters. The fraction of sp³-hybridized carbons (Fsp3) is 0.400. The highest BCUT2D eigenvalue weighted by molar-refractivity contribution is 7.20. The minimum atomic E-state index is 0.145. The van der Waals surface area contributed by atoms with Gasteiger partial charge in [0.25, 0.3) is 5.91 Å². The molecule has 3 heterocycles. The lowest BCUT2D eigenvalue weighted by Gasteiger charge is -2.34. The number of aryl methyl sites for hydroxylation is 1. The zero-order valence-electron chi connectivity index (χ0n) is 15.2. The van der Waals surface area contributed by atoms with E-state index < -0.39 is 0 Å². The zero-order valence-corrected chi connectivity index (χ0v) is 16.8. The number of benzene rings is 1. The number of rotatable bonds is 2. The SMILES string of the molecule is Cc1nn(-c2ccc(Cl)cc2)c2sc(C(=O)N3CC(C)CC(C)C3)cc12. The summed E-state index contributed by atoms with van der Waals surface area (Å²) in [6.45, 7) is 8.13. The molecule has 0 saturated carbocycles. The summed E-state index contributed by atoms with van der Waals surface area (Å²) in [7, 11) is 0. The van der Waals surface area contributed by atoms with E-state index in [1.165, 1.54) is 17.8 Å². The van der Waals surface area contributed by atoms with Crippen LogP contribution in [0.1, 0.15) is 35.6 Å². The Balaban J connectivity index is 1.70. The molecule has 6 heteroatoms. The van der Waals surface area contributed by atoms with E-state index in [9.17, 15) is 4.79 Å². The van der Waals surface area contributed by atoms with Crippen LogP contribution in [0.4, 0.5) is 0 Å². The molecule has 1 amide bonds. The number of piperidine rings is 1. The van der Waals surface area contributed by atoms with Gasteiger partial charge in [-0.2, -0.15) is 5.10 Å². The van der Waals surface area contributed by atoms with Gasteiger partial charge in [-0.25, -0.2) is 4.68 Å². The fourth-order valence-electron chi connectivity index (χ4n) is 3.89. The molecule has 0 N–H and O–H groups in total. The number of hydrogen-bond acceptors (Lipinski definition) is 3. The summed E-state index contributed by atoms with van der Waals surface area (Å²) in [5.74, 6) is 1.26. The first kappa shape index (κ1) is 17.6. The van der Waals surface area contributed by atoms with Gasteiger partial charge in [-0.05, 0) is 55.5 Å². The van der Waals surface area contributed by atoms with Gasteiger partial charge in [0.05, 0.1) is 16.3 Å². The number of hydrogen-bond donors (Lipinski definition) is 0. The molecule has 2 unspecified atom stereocenters. The second kappa shape index (κ2) is 6.71. The van der Waals surface area contributed by atoms with E-state index >= 15 is 0 Å². The van der Waals surface area contributed by atoms with E-state index in [-0.39, 0.29) is 5.91 Å². The molecule has 26 heavy (non-hydrogen) atoms. The van der Waals surface area contributed by atoms with Gasteiger partial charge in [-0.15, -0.1) is 11.3 Å². The highest BCUT2D eigenvalue weighted by Gasteiger charge is 2.28. The number of aromatic nitrogens is 2. The Morgan fingerprint density at radius 2 is 1.85 bits per heavy atom. The smallest absolute Gasteiger partial charge is 0.264 e. The number of carbonyl (C=O) groups excluding carboxylic acids is 1. The van der Waals surface area contributed by atoms with Crippen molar-refractivity contribution >= 4 is 39.1 Å². The Labute approximate surface area is 162 Å². The third-order valence-electron chi connectivity index (χ3n) is 4.98. The first-order valence-electron chi connectivity index (χ1n) is 8.96. The van der Waals surface area contributed by atoms with Crippen molar-refractivity contribution in [1.82, 2.24) is 14.7 Å². The lowest BCUT2D eigenvalue weighted by molar-refractivity contribution is 0.0628. The summed E-state index contributed by atoms with van der Waals surface area (Å²) in [6.07, 6.45) is 1.20. The fourth-order valence-corrected chi connectivity index (χ4v) is 5.17. The van der Waals surface area contributed by atoms with Gasteiger partial charge >= 0.3 is 0 Å². The summed E-state index contributed by atoms with van der Waals surface area (Å²) < 4.78 is 1.91. The standard InChI is InChI=1S/C20H22ClN3OS/c1-12-8-13(2)11-23(10-12)19(25)18-9-17-14(3)22-24(20(17)26-18)16-6-4-15(21)5-7-16/h4-7,9,12-13H,8,10-11H2,1-3H3. The van der Waals surface area contributed by atoms with Crippen molar-refractivity contribution in [1.29, 1.82) is 0 Å². The summed E-state index contributed by atoms with van der Waals surface area (Å²) in [4.78, 5) is 16.9. The molecule has 1 saturated heterocycles. The highest BCUT2D eigenvalue weighted by atomic mass is 35.5. The molecular weight excluding hydrogens is 366 g/mol. The normalized spacial score (nSPS) is 20.7. The molecule has 1 aliphatic rings. The van der Waals surface area contributed by atoms with Crippen molar-refractivity contribution in [2.75, 3.05) is 13.1 Å². The molecule has 0 bridgehead atoms. The first-order valence-corrected chi connectivity index (χ1v) is 10.2. The summed E-state index contributed by atoms with van der Waals surface area (Å²) in [5, 5.41) is 6.39. The van der Waals surface area contributed by atoms with Gasteiger partial charge in [0.1, 0.15) is 4.83 Å². The van der Waals surface area contributed by atoms with Gasteiger partial charge in [0.2, 0.25) is 0 Å². The van der Waals surface area contributed by atoms with Gasteiger partial charge in [-0.1, -0.05) is 25.4 Å². The van der Waals surface area contributed by atoms with Crippen LogP contribution in [0.5, 0.6) is 0 Å². The Morgan fingerprint density at radius 3 is 2.50 bits per heavy atom. The lowest BCUT2D eigenvalue weighted by Crippen LogP contribution is -2.42. The number of carbonyl (C=O) groups is 1. The minimum absolute atomic E-state index is 0.145. The zero-order chi connectivity index (χ0) is 18.4. The van der Waals surface area contributed by atoms with Crippen LogP contribution in [0.25, 0.3) is 15.9 Å². The third-order valence-corrected chi connectivity index (χ3v) is 6.33. The number of nitrogens with zero attached hydrogens (tertiary/aromatic N) is 3. The number of amides is 1. The molecule has 4 nitrogen and oxygen atoms in total. The molecule has 4 rings (SSSR count). The van der Waals surface area contributed by atoms with E-state index in [0.717, 1.165) is 39.6 Å². The van der Waals surface area contributed by atoms with Crippen LogP contribution in [-0.4, -0.2) is 33.7 Å². The number of halogens is 1. The Morgan fingerprint density at radius 1 is 1.19 bits per heavy atom. The van der Waals surface area contributed by atoms with Crippen LogP contribution < -0.4 is 0 Å². The molecule has 0 radical (unpaired) electrons. The summed E-state index contributed by atoms with van der Waals surface area (Å²) >= 11 is 7.52. The third kappa shape index (κ3) is 3.14. The maximum atomic E-state index is 13.1. The molecule has 1 aliphatic heterocycles. The average molecular weight is 388 g/mol. The van der Waals surface area contributed by atoms with Crippen molar-refractivity contribution in [3.05, 3.63) is 45.9 Å². The van der Waals surface area contributed by atoms with E-state index in [1.54, 1.807) is 0 Å². The van der Waals surface area contributed by atoms with Gasteiger partial charge in [0.15, 0.2) is 0 Å². The van der Waals surface area contributed by atoms with Crippen LogP contribution in [0.3, 0.4) is 0 Å². The van der Waals surface area contributed by atoms with E-state index in [2.05, 4.69) is 18.9 Å². The summed E-state index contributed by atoms with van der Waals surface area (Å²) in [6, 6.07) is 9.61. The van der Waals surface area contributed by atoms with E-state index in [1.807, 2.05) is 46.8 Å². The molecule has 1 fully saturated rings. The average Bonchev–Trinajstić information content (AvgIpc) is 3.15. The van der Waals surface area contributed by atoms with Crippen LogP contribution >= 0.6 is 22.9 Å². The Hall–Kier alpha value is -1.85. The topological polar surface area (TPSA) is 38.1 Å². The largest absolute Gasteiger partial charge is 0.337 e. The van der Waals surface area contributed by atoms with Crippen LogP contribution in [-0.2, 0) is 0 Å². The molecule has 1 aromatic carbocycles. The predicted molar refractivity (Wildman–Crippen MR) is 108 cm³/mol. The van der Waals surface area contributed by atoms with Crippen LogP contribution in [0.2, 0.25) is 5.02 Å². The molecule has 136 valence electrons.